The topological polar surface area (TPSA) is 22.0 Å². The number of fused-ring (bicyclic) bond motifs is 1. The quantitative estimate of drug-likeness (QED) is 0.632. The van der Waals surface area contributed by atoms with Crippen molar-refractivity contribution in [1.29, 1.82) is 0 Å². The highest BCUT2D eigenvalue weighted by atomic mass is 16.1. The highest BCUT2D eigenvalue weighted by Crippen LogP contribution is 2.26. The first-order chi connectivity index (χ1) is 10.1. The second kappa shape index (κ2) is 5.21. The lowest BCUT2D eigenvalue weighted by Gasteiger charge is -2.08. The van der Waals surface area contributed by atoms with Gasteiger partial charge in [-0.3, -0.25) is 4.79 Å². The molecule has 0 saturated heterocycles. The molecule has 0 fully saturated rings. The van der Waals surface area contributed by atoms with Crippen LogP contribution in [0.15, 0.2) is 54.7 Å². The number of rotatable bonds is 3. The lowest BCUT2D eigenvalue weighted by molar-refractivity contribution is 0.104. The predicted molar refractivity (Wildman–Crippen MR) is 86.9 cm³/mol. The van der Waals surface area contributed by atoms with Crippen LogP contribution in [-0.2, 0) is 0 Å². The van der Waals surface area contributed by atoms with E-state index in [-0.39, 0.29) is 5.78 Å². The minimum atomic E-state index is 0.0919. The Bertz CT molecular complexity index is 811. The van der Waals surface area contributed by atoms with Gasteiger partial charge in [0.2, 0.25) is 0 Å². The average Bonchev–Trinajstić information content (AvgIpc) is 2.86. The van der Waals surface area contributed by atoms with Crippen molar-refractivity contribution in [3.8, 4) is 0 Å². The molecule has 2 nitrogen and oxygen atoms in total. The van der Waals surface area contributed by atoms with Crippen LogP contribution in [0.4, 0.5) is 0 Å². The molecule has 2 aromatic carbocycles. The Labute approximate surface area is 125 Å². The number of para-hydroxylation sites is 1. The van der Waals surface area contributed by atoms with Crippen LogP contribution in [0, 0.1) is 6.92 Å². The van der Waals surface area contributed by atoms with E-state index in [1.807, 2.05) is 55.6 Å². The molecule has 0 bridgehead atoms. The van der Waals surface area contributed by atoms with Crippen molar-refractivity contribution in [1.82, 2.24) is 4.57 Å². The van der Waals surface area contributed by atoms with Gasteiger partial charge in [-0.1, -0.05) is 42.0 Å². The van der Waals surface area contributed by atoms with Crippen LogP contribution < -0.4 is 0 Å². The molecule has 0 unspecified atom stereocenters. The summed E-state index contributed by atoms with van der Waals surface area (Å²) in [5.74, 6) is 0.0919. The molecule has 0 aliphatic heterocycles. The Morgan fingerprint density at radius 1 is 1.05 bits per heavy atom. The number of carbonyl (C=O) groups is 1. The zero-order chi connectivity index (χ0) is 15.0. The van der Waals surface area contributed by atoms with Crippen LogP contribution in [0.3, 0.4) is 0 Å². The van der Waals surface area contributed by atoms with Gasteiger partial charge in [0.05, 0.1) is 0 Å². The Morgan fingerprint density at radius 3 is 2.52 bits per heavy atom. The first-order valence-electron chi connectivity index (χ1n) is 7.29. The van der Waals surface area contributed by atoms with Crippen molar-refractivity contribution in [3.05, 3.63) is 71.4 Å². The molecule has 0 aliphatic rings. The fourth-order valence-corrected chi connectivity index (χ4v) is 2.75. The zero-order valence-corrected chi connectivity index (χ0v) is 12.6. The molecule has 3 aromatic rings. The standard InChI is InChI=1S/C19H19NO/c1-13(2)20-12-17(16-9-4-5-10-18(16)20)19(21)15-8-6-7-14(3)11-15/h4-13H,1-3H3. The third-order valence-corrected chi connectivity index (χ3v) is 3.82. The SMILES string of the molecule is Cc1cccc(C(=O)c2cn(C(C)C)c3ccccc23)c1. The Hall–Kier alpha value is -2.35. The summed E-state index contributed by atoms with van der Waals surface area (Å²) in [5, 5.41) is 1.03. The second-order valence-electron chi connectivity index (χ2n) is 5.76. The minimum Gasteiger partial charge on any atom is -0.344 e. The second-order valence-corrected chi connectivity index (χ2v) is 5.76. The van der Waals surface area contributed by atoms with Crippen LogP contribution in [0.1, 0.15) is 41.4 Å². The minimum absolute atomic E-state index is 0.0919. The van der Waals surface area contributed by atoms with Gasteiger partial charge in [-0.15, -0.1) is 0 Å². The van der Waals surface area contributed by atoms with Crippen LogP contribution >= 0.6 is 0 Å². The fourth-order valence-electron chi connectivity index (χ4n) is 2.75. The van der Waals surface area contributed by atoms with Crippen LogP contribution in [0.25, 0.3) is 10.9 Å². The van der Waals surface area contributed by atoms with Gasteiger partial charge in [0.25, 0.3) is 0 Å². The van der Waals surface area contributed by atoms with Gasteiger partial charge in [0.15, 0.2) is 5.78 Å². The van der Waals surface area contributed by atoms with Crippen LogP contribution in [0.5, 0.6) is 0 Å². The van der Waals surface area contributed by atoms with Gasteiger partial charge in [-0.25, -0.2) is 0 Å². The van der Waals surface area contributed by atoms with E-state index < -0.39 is 0 Å². The molecule has 2 heteroatoms. The van der Waals surface area contributed by atoms with E-state index in [9.17, 15) is 4.79 Å². The van der Waals surface area contributed by atoms with Crippen molar-refractivity contribution in [2.75, 3.05) is 0 Å². The van der Waals surface area contributed by atoms with Crippen molar-refractivity contribution >= 4 is 16.7 Å². The van der Waals surface area contributed by atoms with Crippen molar-refractivity contribution in [3.63, 3.8) is 0 Å². The maximum atomic E-state index is 12.8. The lowest BCUT2D eigenvalue weighted by atomic mass is 10.0. The number of benzene rings is 2. The molecule has 0 spiro atoms. The summed E-state index contributed by atoms with van der Waals surface area (Å²) in [6.45, 7) is 6.27. The lowest BCUT2D eigenvalue weighted by Crippen LogP contribution is -2.02. The summed E-state index contributed by atoms with van der Waals surface area (Å²) in [4.78, 5) is 12.8. The monoisotopic (exact) mass is 277 g/mol. The summed E-state index contributed by atoms with van der Waals surface area (Å²) in [6, 6.07) is 16.2. The van der Waals surface area contributed by atoms with Gasteiger partial charge in [-0.05, 0) is 32.9 Å². The summed E-state index contributed by atoms with van der Waals surface area (Å²) < 4.78 is 2.17. The number of hydrogen-bond donors (Lipinski definition) is 0. The molecule has 1 aromatic heterocycles. The summed E-state index contributed by atoms with van der Waals surface area (Å²) >= 11 is 0. The number of ketones is 1. The average molecular weight is 277 g/mol. The van der Waals surface area contributed by atoms with Crippen LogP contribution in [-0.4, -0.2) is 10.4 Å². The summed E-state index contributed by atoms with van der Waals surface area (Å²) in [5.41, 5.74) is 3.75. The fraction of sp³-hybridized carbons (Fsp3) is 0.211. The zero-order valence-electron chi connectivity index (χ0n) is 12.6. The normalized spacial score (nSPS) is 11.2. The molecule has 0 aliphatic carbocycles. The highest BCUT2D eigenvalue weighted by molar-refractivity contribution is 6.16. The molecule has 1 heterocycles. The third-order valence-electron chi connectivity index (χ3n) is 3.82. The van der Waals surface area contributed by atoms with Gasteiger partial charge < -0.3 is 4.57 Å². The van der Waals surface area contributed by atoms with E-state index in [4.69, 9.17) is 0 Å². The van der Waals surface area contributed by atoms with Gasteiger partial charge >= 0.3 is 0 Å². The molecule has 21 heavy (non-hydrogen) atoms. The highest BCUT2D eigenvalue weighted by Gasteiger charge is 2.17. The number of aryl methyl sites for hydroxylation is 1. The molecule has 0 N–H and O–H groups in total. The van der Waals surface area contributed by atoms with E-state index in [2.05, 4.69) is 24.5 Å². The molecule has 0 atom stereocenters. The van der Waals surface area contributed by atoms with Crippen molar-refractivity contribution in [2.24, 2.45) is 0 Å². The van der Waals surface area contributed by atoms with E-state index in [0.717, 1.165) is 27.6 Å². The van der Waals surface area contributed by atoms with Crippen molar-refractivity contribution in [2.45, 2.75) is 26.8 Å². The van der Waals surface area contributed by atoms with Gasteiger partial charge in [0.1, 0.15) is 0 Å². The smallest absolute Gasteiger partial charge is 0.195 e. The Balaban J connectivity index is 2.19. The maximum Gasteiger partial charge on any atom is 0.195 e. The Kier molecular flexibility index (Phi) is 3.38. The van der Waals surface area contributed by atoms with E-state index in [0.29, 0.717) is 6.04 Å². The van der Waals surface area contributed by atoms with E-state index >= 15 is 0 Å². The molecule has 3 rings (SSSR count). The molecule has 0 amide bonds. The number of hydrogen-bond acceptors (Lipinski definition) is 1. The molecule has 106 valence electrons. The molecule has 0 radical (unpaired) electrons. The number of carbonyl (C=O) groups excluding carboxylic acids is 1. The maximum absolute atomic E-state index is 12.8. The van der Waals surface area contributed by atoms with Gasteiger partial charge in [0, 0.05) is 34.3 Å². The van der Waals surface area contributed by atoms with Crippen molar-refractivity contribution < 1.29 is 4.79 Å². The molecular weight excluding hydrogens is 258 g/mol. The predicted octanol–water partition coefficient (Wildman–Crippen LogP) is 4.76. The van der Waals surface area contributed by atoms with E-state index in [1.54, 1.807) is 0 Å². The summed E-state index contributed by atoms with van der Waals surface area (Å²) in [7, 11) is 0. The summed E-state index contributed by atoms with van der Waals surface area (Å²) in [6.07, 6.45) is 1.99. The number of aromatic nitrogens is 1. The largest absolute Gasteiger partial charge is 0.344 e. The van der Waals surface area contributed by atoms with Crippen LogP contribution in [0.2, 0.25) is 0 Å². The Morgan fingerprint density at radius 2 is 1.81 bits per heavy atom. The van der Waals surface area contributed by atoms with E-state index in [1.165, 1.54) is 0 Å². The van der Waals surface area contributed by atoms with Gasteiger partial charge in [-0.2, -0.15) is 0 Å². The number of nitrogens with zero attached hydrogens (tertiary/aromatic N) is 1. The first-order valence-corrected chi connectivity index (χ1v) is 7.29. The third kappa shape index (κ3) is 2.38. The molecule has 0 saturated carbocycles. The molecular formula is C19H19NO. The first kappa shape index (κ1) is 13.6.